The van der Waals surface area contributed by atoms with Gasteiger partial charge in [0, 0.05) is 13.8 Å². The van der Waals surface area contributed by atoms with Crippen molar-refractivity contribution in [2.45, 2.75) is 171 Å². The second kappa shape index (κ2) is 26.5. The first kappa shape index (κ1) is 54.4. The number of ether oxygens (including phenoxy) is 2. The SMILES string of the molecule is CC(=O)O[C@H](CC/C(C)=C/C=C\C(C)=C\C=C\C(C)=C\C=C\C=C(C)\C=C\C=C(C)\C=C/C=C(\C)CC[C@@H](OC(C)=O)C(C)(C)O[Si](C)(C)C)C(C)(C)O[Si](C)(C)C. The van der Waals surface area contributed by atoms with Crippen molar-refractivity contribution in [3.05, 3.63) is 131 Å². The Bertz CT molecular complexity index is 1530. The maximum absolute atomic E-state index is 11.8. The van der Waals surface area contributed by atoms with Crippen molar-refractivity contribution in [2.75, 3.05) is 0 Å². The highest BCUT2D eigenvalue weighted by atomic mass is 28.4. The molecule has 0 aromatic rings. The second-order valence-electron chi connectivity index (χ2n) is 18.4. The van der Waals surface area contributed by atoms with Crippen LogP contribution in [-0.4, -0.2) is 52.0 Å². The van der Waals surface area contributed by atoms with Crippen LogP contribution in [0.3, 0.4) is 0 Å². The minimum absolute atomic E-state index is 0.275. The van der Waals surface area contributed by atoms with Gasteiger partial charge < -0.3 is 18.3 Å². The fraction of sp³-hybridized carbons (Fsp3) is 0.520. The maximum Gasteiger partial charge on any atom is 0.303 e. The molecule has 0 N–H and O–H groups in total. The zero-order valence-electron chi connectivity index (χ0n) is 39.7. The van der Waals surface area contributed by atoms with Gasteiger partial charge in [-0.25, -0.2) is 0 Å². The zero-order chi connectivity index (χ0) is 44.7. The van der Waals surface area contributed by atoms with E-state index in [0.717, 1.165) is 35.1 Å². The molecule has 0 aromatic heterocycles. The molecule has 0 aromatic carbocycles. The Kier molecular flexibility index (Phi) is 24.9. The molecule has 58 heavy (non-hydrogen) atoms. The van der Waals surface area contributed by atoms with Crippen LogP contribution in [0.25, 0.3) is 0 Å². The Hall–Kier alpha value is -3.57. The molecule has 0 heterocycles. The monoisotopic (exact) mass is 833 g/mol. The Morgan fingerprint density at radius 3 is 0.966 bits per heavy atom. The quantitative estimate of drug-likeness (QED) is 0.0548. The van der Waals surface area contributed by atoms with Gasteiger partial charge in [-0.05, 0) is 134 Å². The maximum atomic E-state index is 11.8. The van der Waals surface area contributed by atoms with Gasteiger partial charge in [0.25, 0.3) is 0 Å². The van der Waals surface area contributed by atoms with Gasteiger partial charge in [0.1, 0.15) is 12.2 Å². The molecule has 0 saturated heterocycles. The molecule has 0 spiro atoms. The van der Waals surface area contributed by atoms with E-state index >= 15 is 0 Å². The first-order chi connectivity index (χ1) is 26.6. The first-order valence-corrected chi connectivity index (χ1v) is 27.6. The van der Waals surface area contributed by atoms with Crippen molar-refractivity contribution in [1.82, 2.24) is 0 Å². The molecule has 0 aliphatic rings. The largest absolute Gasteiger partial charge is 0.460 e. The van der Waals surface area contributed by atoms with Gasteiger partial charge in [-0.15, -0.1) is 0 Å². The summed E-state index contributed by atoms with van der Waals surface area (Å²) in [7, 11) is -3.61. The molecule has 0 unspecified atom stereocenters. The van der Waals surface area contributed by atoms with Crippen molar-refractivity contribution in [2.24, 2.45) is 0 Å². The van der Waals surface area contributed by atoms with Gasteiger partial charge in [0.05, 0.1) is 11.2 Å². The average molecular weight is 833 g/mol. The van der Waals surface area contributed by atoms with E-state index in [1.54, 1.807) is 0 Å². The van der Waals surface area contributed by atoms with Gasteiger partial charge in [-0.1, -0.05) is 131 Å². The molecular weight excluding hydrogens is 753 g/mol. The Balaban J connectivity index is 5.11. The summed E-state index contributed by atoms with van der Waals surface area (Å²) >= 11 is 0. The van der Waals surface area contributed by atoms with Crippen LogP contribution in [0.2, 0.25) is 39.3 Å². The van der Waals surface area contributed by atoms with Crippen molar-refractivity contribution in [1.29, 1.82) is 0 Å². The standard InChI is InChI=1S/C50H80O6Si2/c1-39(27-21-29-41(3)31-23-33-43(5)35-37-47(53-45(7)51)49(9,10)55-57(13,14)15)25-19-20-26-40(2)28-22-30-42(4)32-24-34-44(6)36-38-48(54-46(8)52)50(11,12)56-58(16,17)18/h19-34,47-48H,35-38H2,1-18H3/b20-19+,27-21+,28-22+,31-23-,32-24-,39-25+,40-26+,41-29+,42-30+,43-33+,44-34+/t47-,48-/m1/s1. The smallest absolute Gasteiger partial charge is 0.303 e. The van der Waals surface area contributed by atoms with Gasteiger partial charge >= 0.3 is 11.9 Å². The van der Waals surface area contributed by atoms with E-state index in [-0.39, 0.29) is 24.1 Å². The highest BCUT2D eigenvalue weighted by molar-refractivity contribution is 6.70. The lowest BCUT2D eigenvalue weighted by Crippen LogP contribution is -2.48. The normalized spacial score (nSPS) is 16.4. The van der Waals surface area contributed by atoms with Crippen molar-refractivity contribution < 1.29 is 27.9 Å². The molecule has 0 radical (unpaired) electrons. The molecular formula is C50H80O6Si2. The number of rotatable bonds is 24. The highest BCUT2D eigenvalue weighted by Crippen LogP contribution is 2.29. The second-order valence-corrected chi connectivity index (χ2v) is 27.3. The van der Waals surface area contributed by atoms with E-state index < -0.39 is 27.8 Å². The van der Waals surface area contributed by atoms with Crippen LogP contribution in [0.15, 0.2) is 131 Å². The third kappa shape index (κ3) is 28.8. The molecule has 0 saturated carbocycles. The lowest BCUT2D eigenvalue weighted by Gasteiger charge is -2.38. The van der Waals surface area contributed by atoms with E-state index in [1.807, 2.05) is 27.7 Å². The van der Waals surface area contributed by atoms with Gasteiger partial charge in [-0.2, -0.15) is 0 Å². The molecule has 0 rings (SSSR count). The lowest BCUT2D eigenvalue weighted by atomic mass is 9.95. The van der Waals surface area contributed by atoms with Crippen LogP contribution < -0.4 is 0 Å². The van der Waals surface area contributed by atoms with Crippen LogP contribution in [0.4, 0.5) is 0 Å². The van der Waals surface area contributed by atoms with Gasteiger partial charge in [0.15, 0.2) is 16.6 Å². The van der Waals surface area contributed by atoms with E-state index in [0.29, 0.717) is 12.8 Å². The van der Waals surface area contributed by atoms with Crippen molar-refractivity contribution >= 4 is 28.6 Å². The minimum atomic E-state index is -1.80. The van der Waals surface area contributed by atoms with E-state index in [1.165, 1.54) is 25.0 Å². The minimum Gasteiger partial charge on any atom is -0.460 e. The Labute approximate surface area is 357 Å². The number of esters is 2. The highest BCUT2D eigenvalue weighted by Gasteiger charge is 2.38. The summed E-state index contributed by atoms with van der Waals surface area (Å²) in [6.45, 7) is 36.5. The topological polar surface area (TPSA) is 71.1 Å². The average Bonchev–Trinajstić information content (AvgIpc) is 3.04. The van der Waals surface area contributed by atoms with Gasteiger partial charge in [0.2, 0.25) is 0 Å². The number of carbonyl (C=O) groups is 2. The number of hydrogen-bond donors (Lipinski definition) is 0. The van der Waals surface area contributed by atoms with Crippen molar-refractivity contribution in [3.8, 4) is 0 Å². The number of allylic oxidation sites excluding steroid dienone is 22. The van der Waals surface area contributed by atoms with E-state index in [4.69, 9.17) is 18.3 Å². The molecule has 8 heteroatoms. The van der Waals surface area contributed by atoms with Crippen LogP contribution in [0.5, 0.6) is 0 Å². The predicted molar refractivity (Wildman–Crippen MR) is 255 cm³/mol. The first-order valence-electron chi connectivity index (χ1n) is 20.8. The van der Waals surface area contributed by atoms with Crippen LogP contribution in [0.1, 0.15) is 109 Å². The molecule has 2 atom stereocenters. The Morgan fingerprint density at radius 2 is 0.707 bits per heavy atom. The summed E-state index contributed by atoms with van der Waals surface area (Å²) in [5, 5.41) is 0. The summed E-state index contributed by atoms with van der Waals surface area (Å²) < 4.78 is 24.1. The summed E-state index contributed by atoms with van der Waals surface area (Å²) in [5.74, 6) is -0.550. The molecule has 324 valence electrons. The summed E-state index contributed by atoms with van der Waals surface area (Å²) in [4.78, 5) is 23.6. The van der Waals surface area contributed by atoms with E-state index in [9.17, 15) is 9.59 Å². The number of hydrogen-bond acceptors (Lipinski definition) is 6. The summed E-state index contributed by atoms with van der Waals surface area (Å²) in [6.07, 6.45) is 35.9. The van der Waals surface area contributed by atoms with Crippen LogP contribution >= 0.6 is 0 Å². The zero-order valence-corrected chi connectivity index (χ0v) is 41.7. The van der Waals surface area contributed by atoms with Crippen molar-refractivity contribution in [3.63, 3.8) is 0 Å². The molecule has 0 aliphatic carbocycles. The van der Waals surface area contributed by atoms with Crippen LogP contribution in [0, 0.1) is 0 Å². The Morgan fingerprint density at radius 1 is 0.448 bits per heavy atom. The molecule has 0 amide bonds. The molecule has 0 fully saturated rings. The molecule has 0 bridgehead atoms. The summed E-state index contributed by atoms with van der Waals surface area (Å²) in [5.41, 5.74) is 5.98. The number of carbonyl (C=O) groups excluding carboxylic acids is 2. The summed E-state index contributed by atoms with van der Waals surface area (Å²) in [6, 6.07) is 0. The predicted octanol–water partition coefficient (Wildman–Crippen LogP) is 14.1. The third-order valence-electron chi connectivity index (χ3n) is 8.65. The fourth-order valence-corrected chi connectivity index (χ4v) is 9.58. The molecule has 0 aliphatic heterocycles. The van der Waals surface area contributed by atoms with Gasteiger partial charge in [-0.3, -0.25) is 9.59 Å². The molecule has 6 nitrogen and oxygen atoms in total. The van der Waals surface area contributed by atoms with E-state index in [2.05, 4.69) is 178 Å². The lowest BCUT2D eigenvalue weighted by molar-refractivity contribution is -0.158. The third-order valence-corrected chi connectivity index (χ3v) is 10.9. The fourth-order valence-electron chi connectivity index (χ4n) is 6.16. The van der Waals surface area contributed by atoms with Crippen LogP contribution in [-0.2, 0) is 27.9 Å².